The lowest BCUT2D eigenvalue weighted by Crippen LogP contribution is -2.02. The van der Waals surface area contributed by atoms with E-state index >= 15 is 0 Å². The van der Waals surface area contributed by atoms with Crippen molar-refractivity contribution < 1.29 is 66.2 Å². The first-order chi connectivity index (χ1) is 17.9. The van der Waals surface area contributed by atoms with E-state index < -0.39 is 21.8 Å². The lowest BCUT2D eigenvalue weighted by molar-refractivity contribution is -0.378. The van der Waals surface area contributed by atoms with Gasteiger partial charge in [0.1, 0.15) is 0 Å². The fourth-order valence-electron chi connectivity index (χ4n) is 2.69. The van der Waals surface area contributed by atoms with E-state index in [4.69, 9.17) is 4.42 Å². The summed E-state index contributed by atoms with van der Waals surface area (Å²) >= 11 is 0. The van der Waals surface area contributed by atoms with E-state index in [1.54, 1.807) is 0 Å². The summed E-state index contributed by atoms with van der Waals surface area (Å²) in [6.07, 6.45) is 7.60. The quantitative estimate of drug-likeness (QED) is 0.139. The molecule has 0 aliphatic carbocycles. The van der Waals surface area contributed by atoms with Crippen molar-refractivity contribution in [3.05, 3.63) is 91.5 Å². The highest BCUT2D eigenvalue weighted by molar-refractivity contribution is 6.50. The van der Waals surface area contributed by atoms with Crippen molar-refractivity contribution in [1.82, 2.24) is 0 Å². The van der Waals surface area contributed by atoms with Crippen molar-refractivity contribution in [2.24, 2.45) is 0 Å². The molecule has 0 atom stereocenters. The van der Waals surface area contributed by atoms with Crippen LogP contribution in [0.4, 0.5) is 51.8 Å². The Labute approximate surface area is 213 Å². The van der Waals surface area contributed by atoms with Crippen LogP contribution in [-0.4, -0.2) is 21.8 Å². The Morgan fingerprint density at radius 1 is 0.410 bits per heavy atom. The van der Waals surface area contributed by atoms with Gasteiger partial charge in [0.2, 0.25) is 0 Å². The smallest absolute Gasteiger partial charge is 0.418 e. The molecule has 18 heteroatoms. The van der Waals surface area contributed by atoms with E-state index in [-0.39, 0.29) is 0 Å². The van der Waals surface area contributed by atoms with Gasteiger partial charge in [0.05, 0.1) is 23.3 Å². The normalized spacial score (nSPS) is 11.1. The Kier molecular flexibility index (Phi) is 12.6. The van der Waals surface area contributed by atoms with Crippen LogP contribution in [0.3, 0.4) is 0 Å². The SMILES string of the molecule is F[B-](F)(F)F.F[B-](F)(F)F.F[B-](F)(F)F.c1ccc(-c2cc(-c3cc[nH+]cc3)[o+]c(-c3cc[nH+]cc3)c2)cc1. The molecule has 2 N–H and O–H groups in total. The second kappa shape index (κ2) is 14.8. The van der Waals surface area contributed by atoms with Gasteiger partial charge in [-0.15, -0.1) is 0 Å². The second-order valence-electron chi connectivity index (χ2n) is 7.00. The molecule has 0 saturated carbocycles. The average molecular weight is 574 g/mol. The van der Waals surface area contributed by atoms with Crippen molar-refractivity contribution in [3.63, 3.8) is 0 Å². The molecule has 0 unspecified atom stereocenters. The molecule has 3 heterocycles. The Bertz CT molecular complexity index is 1060. The molecular weight excluding hydrogens is 557 g/mol. The third kappa shape index (κ3) is 18.0. The molecule has 1 aromatic carbocycles. The Morgan fingerprint density at radius 2 is 0.718 bits per heavy atom. The number of hydrogen-bond donors (Lipinski definition) is 0. The standard InChI is InChI=1S/C21H15N2O.3BF4/c1-2-4-16(5-3-1)19-14-20(17-6-10-22-11-7-17)24-21(15-19)18-8-12-23-13-9-18;3*2-1(3,4)5/h1-15H;;;/q+1;3*-1/p+2. The summed E-state index contributed by atoms with van der Waals surface area (Å²) in [6, 6.07) is 22.6. The van der Waals surface area contributed by atoms with Gasteiger partial charge in [-0.25, -0.2) is 14.4 Å². The zero-order chi connectivity index (χ0) is 29.7. The van der Waals surface area contributed by atoms with Crippen LogP contribution in [0, 0.1) is 0 Å². The minimum atomic E-state index is -6.00. The van der Waals surface area contributed by atoms with Crippen LogP contribution in [0.2, 0.25) is 0 Å². The lowest BCUT2D eigenvalue weighted by atomic mass is 10.0. The van der Waals surface area contributed by atoms with Gasteiger partial charge >= 0.3 is 33.3 Å². The molecule has 39 heavy (non-hydrogen) atoms. The highest BCUT2D eigenvalue weighted by atomic mass is 19.5. The first kappa shape index (κ1) is 33.1. The molecule has 3 aromatic heterocycles. The minimum absolute atomic E-state index is 0.841. The zero-order valence-electron chi connectivity index (χ0n) is 19.3. The van der Waals surface area contributed by atoms with Crippen LogP contribution < -0.4 is 9.97 Å². The predicted molar refractivity (Wildman–Crippen MR) is 123 cm³/mol. The summed E-state index contributed by atoms with van der Waals surface area (Å²) in [7, 11) is -18.0. The number of halogens is 12. The van der Waals surface area contributed by atoms with Crippen molar-refractivity contribution in [2.75, 3.05) is 0 Å². The van der Waals surface area contributed by atoms with E-state index in [0.717, 1.165) is 28.2 Å². The molecule has 0 bridgehead atoms. The first-order valence-corrected chi connectivity index (χ1v) is 10.5. The number of pyridine rings is 2. The number of benzene rings is 1. The molecule has 4 aromatic rings. The third-order valence-corrected chi connectivity index (χ3v) is 3.91. The van der Waals surface area contributed by atoms with Gasteiger partial charge in [0.15, 0.2) is 24.8 Å². The van der Waals surface area contributed by atoms with Crippen LogP contribution in [0.5, 0.6) is 0 Å². The van der Waals surface area contributed by atoms with E-state index in [1.807, 2.05) is 67.3 Å². The van der Waals surface area contributed by atoms with Crippen molar-refractivity contribution in [1.29, 1.82) is 0 Å². The Balaban J connectivity index is 0.000000420. The summed E-state index contributed by atoms with van der Waals surface area (Å²) < 4.78 is 123. The number of H-pyrrole nitrogens is 2. The third-order valence-electron chi connectivity index (χ3n) is 3.91. The minimum Gasteiger partial charge on any atom is -0.418 e. The van der Waals surface area contributed by atoms with E-state index in [1.165, 1.54) is 5.56 Å². The number of aromatic amines is 2. The predicted octanol–water partition coefficient (Wildman–Crippen LogP) is 8.09. The highest BCUT2D eigenvalue weighted by Crippen LogP contribution is 2.32. The van der Waals surface area contributed by atoms with Gasteiger partial charge < -0.3 is 51.8 Å². The molecule has 0 amide bonds. The maximum Gasteiger partial charge on any atom is 0.673 e. The van der Waals surface area contributed by atoms with Crippen LogP contribution in [0.15, 0.2) is 95.9 Å². The number of nitrogens with one attached hydrogen (secondary N) is 2. The monoisotopic (exact) mass is 574 g/mol. The average Bonchev–Trinajstić information content (AvgIpc) is 2.82. The molecule has 4 rings (SSSR count). The zero-order valence-corrected chi connectivity index (χ0v) is 19.3. The summed E-state index contributed by atoms with van der Waals surface area (Å²) in [5, 5.41) is 0. The number of rotatable bonds is 3. The lowest BCUT2D eigenvalue weighted by Gasteiger charge is -2.01. The van der Waals surface area contributed by atoms with Gasteiger partial charge in [-0.1, -0.05) is 30.3 Å². The van der Waals surface area contributed by atoms with E-state index in [2.05, 4.69) is 34.2 Å². The van der Waals surface area contributed by atoms with Crippen molar-refractivity contribution in [2.45, 2.75) is 0 Å². The summed E-state index contributed by atoms with van der Waals surface area (Å²) in [5.74, 6) is 1.68. The van der Waals surface area contributed by atoms with Crippen LogP contribution >= 0.6 is 0 Å². The van der Waals surface area contributed by atoms with Crippen LogP contribution in [0.1, 0.15) is 0 Å². The molecule has 0 spiro atoms. The molecule has 0 radical (unpaired) electrons. The van der Waals surface area contributed by atoms with Crippen LogP contribution in [-0.2, 0) is 0 Å². The molecule has 3 nitrogen and oxygen atoms in total. The fraction of sp³-hybridized carbons (Fsp3) is 0. The fourth-order valence-corrected chi connectivity index (χ4v) is 2.69. The number of hydrogen-bond acceptors (Lipinski definition) is 0. The first-order valence-electron chi connectivity index (χ1n) is 10.5. The maximum absolute atomic E-state index is 9.75. The van der Waals surface area contributed by atoms with Gasteiger partial charge in [-0.3, -0.25) is 0 Å². The highest BCUT2D eigenvalue weighted by Gasteiger charge is 2.22. The second-order valence-corrected chi connectivity index (χ2v) is 7.00. The Morgan fingerprint density at radius 3 is 1.03 bits per heavy atom. The molecule has 210 valence electrons. The van der Waals surface area contributed by atoms with Gasteiger partial charge in [0, 0.05) is 29.8 Å². The summed E-state index contributed by atoms with van der Waals surface area (Å²) in [5.41, 5.74) is 4.37. The molecule has 0 aliphatic rings. The molecule has 0 fully saturated rings. The van der Waals surface area contributed by atoms with Gasteiger partial charge in [-0.2, -0.15) is 0 Å². The topological polar surface area (TPSA) is 39.6 Å². The largest absolute Gasteiger partial charge is 0.673 e. The summed E-state index contributed by atoms with van der Waals surface area (Å²) in [6.45, 7) is 0. The Hall–Kier alpha value is -3.98. The van der Waals surface area contributed by atoms with Gasteiger partial charge in [0.25, 0.3) is 0 Å². The van der Waals surface area contributed by atoms with E-state index in [9.17, 15) is 51.8 Å². The van der Waals surface area contributed by atoms with Crippen molar-refractivity contribution in [3.8, 4) is 33.8 Å². The number of aromatic nitrogens is 2. The maximum atomic E-state index is 9.75. The van der Waals surface area contributed by atoms with E-state index in [0.29, 0.717) is 0 Å². The van der Waals surface area contributed by atoms with Crippen LogP contribution in [0.25, 0.3) is 33.8 Å². The molecular formula is C21H17B3F12N2O. The van der Waals surface area contributed by atoms with Gasteiger partial charge in [-0.05, 0) is 5.56 Å². The summed E-state index contributed by atoms with van der Waals surface area (Å²) in [4.78, 5) is 6.10. The molecule has 0 saturated heterocycles. The molecule has 0 aliphatic heterocycles. The van der Waals surface area contributed by atoms with Crippen molar-refractivity contribution >= 4 is 21.8 Å².